The average Bonchev–Trinajstić information content (AvgIpc) is 3.15. The van der Waals surface area contributed by atoms with Crippen LogP contribution in [0.15, 0.2) is 83.9 Å². The number of hydrogen-bond donors (Lipinski definition) is 3. The number of aryl methyl sites for hydroxylation is 1. The van der Waals surface area contributed by atoms with Crippen molar-refractivity contribution >= 4 is 61.7 Å². The molecule has 1 amide bonds. The maximum absolute atomic E-state index is 12.7. The number of esters is 1. The van der Waals surface area contributed by atoms with Crippen molar-refractivity contribution in [2.75, 3.05) is 33.0 Å². The fraction of sp³-hybridized carbons (Fsp3) is 0.357. The summed E-state index contributed by atoms with van der Waals surface area (Å²) in [6.45, 7) is 1.21. The van der Waals surface area contributed by atoms with Gasteiger partial charge in [-0.3, -0.25) is 24.2 Å². The van der Waals surface area contributed by atoms with E-state index in [0.717, 1.165) is 6.42 Å². The molecule has 0 unspecified atom stereocenters. The van der Waals surface area contributed by atoms with E-state index >= 15 is 0 Å². The van der Waals surface area contributed by atoms with Gasteiger partial charge >= 0.3 is 5.97 Å². The first-order chi connectivity index (χ1) is 25.7. The van der Waals surface area contributed by atoms with E-state index in [-0.39, 0.29) is 56.2 Å². The first-order valence-electron chi connectivity index (χ1n) is 18.2. The van der Waals surface area contributed by atoms with Crippen molar-refractivity contribution < 1.29 is 33.4 Å². The summed E-state index contributed by atoms with van der Waals surface area (Å²) >= 11 is 0. The van der Waals surface area contributed by atoms with Gasteiger partial charge in [0.15, 0.2) is 17.5 Å². The molecule has 0 fully saturated rings. The molecule has 0 radical (unpaired) electrons. The molecule has 0 aliphatic rings. The summed E-state index contributed by atoms with van der Waals surface area (Å²) in [5.74, 6) is -0.942. The first-order valence-corrected chi connectivity index (χ1v) is 18.2. The Morgan fingerprint density at radius 2 is 1.36 bits per heavy atom. The number of amides is 1. The van der Waals surface area contributed by atoms with E-state index in [4.69, 9.17) is 31.4 Å². The number of carbonyl (C=O) groups is 4. The molecular weight excluding hydrogens is 672 g/mol. The third kappa shape index (κ3) is 11.3. The van der Waals surface area contributed by atoms with Gasteiger partial charge in [-0.2, -0.15) is 0 Å². The Labute approximate surface area is 309 Å². The average molecular weight is 721 g/mol. The Bertz CT molecular complexity index is 2020. The summed E-state index contributed by atoms with van der Waals surface area (Å²) in [6.07, 6.45) is 4.17. The molecule has 0 saturated heterocycles. The van der Waals surface area contributed by atoms with Crippen LogP contribution in [0.2, 0.25) is 0 Å². The lowest BCUT2D eigenvalue weighted by molar-refractivity contribution is -0.134. The van der Waals surface area contributed by atoms with E-state index in [1.54, 1.807) is 24.3 Å². The maximum Gasteiger partial charge on any atom is 0.311 e. The topological polar surface area (TPSA) is 186 Å². The Morgan fingerprint density at radius 1 is 0.660 bits per heavy atom. The van der Waals surface area contributed by atoms with Gasteiger partial charge in [-0.15, -0.1) is 0 Å². The number of guanidine groups is 1. The van der Waals surface area contributed by atoms with E-state index in [2.05, 4.69) is 59.6 Å². The van der Waals surface area contributed by atoms with Crippen molar-refractivity contribution in [1.82, 2.24) is 0 Å². The number of benzene rings is 5. The van der Waals surface area contributed by atoms with Gasteiger partial charge in [0, 0.05) is 43.9 Å². The minimum Gasteiger partial charge on any atom is -0.427 e. The fourth-order valence-corrected chi connectivity index (χ4v) is 6.60. The predicted molar refractivity (Wildman–Crippen MR) is 207 cm³/mol. The zero-order valence-electron chi connectivity index (χ0n) is 30.0. The molecule has 53 heavy (non-hydrogen) atoms. The normalized spacial score (nSPS) is 11.9. The third-order valence-corrected chi connectivity index (χ3v) is 9.36. The summed E-state index contributed by atoms with van der Waals surface area (Å²) in [5.41, 5.74) is 17.8. The Balaban J connectivity index is 0.931. The molecule has 278 valence electrons. The van der Waals surface area contributed by atoms with E-state index in [1.165, 1.54) is 37.9 Å². The van der Waals surface area contributed by atoms with Crippen LogP contribution < -0.4 is 21.9 Å². The number of hydrogen-bond acceptors (Lipinski definition) is 8. The fourth-order valence-electron chi connectivity index (χ4n) is 6.60. The maximum atomic E-state index is 12.7. The van der Waals surface area contributed by atoms with Crippen LogP contribution in [0.4, 0.5) is 0 Å². The van der Waals surface area contributed by atoms with Crippen molar-refractivity contribution in [2.45, 2.75) is 57.8 Å². The van der Waals surface area contributed by atoms with Gasteiger partial charge in [0.05, 0.1) is 13.2 Å². The highest BCUT2D eigenvalue weighted by Gasteiger charge is 2.17. The largest absolute Gasteiger partial charge is 0.427 e. The van der Waals surface area contributed by atoms with Crippen LogP contribution in [0.3, 0.4) is 0 Å². The van der Waals surface area contributed by atoms with Gasteiger partial charge in [0.25, 0.3) is 0 Å². The molecule has 11 heteroatoms. The second-order valence-corrected chi connectivity index (χ2v) is 13.2. The molecule has 5 aromatic carbocycles. The predicted octanol–water partition coefficient (Wildman–Crippen LogP) is 6.01. The smallest absolute Gasteiger partial charge is 0.311 e. The van der Waals surface area contributed by atoms with Crippen molar-refractivity contribution in [3.8, 4) is 5.75 Å². The highest BCUT2D eigenvalue weighted by molar-refractivity contribution is 6.23. The molecular formula is C42H48N4O7. The Kier molecular flexibility index (Phi) is 14.2. The molecule has 0 aromatic heterocycles. The Hall–Kier alpha value is -5.39. The number of carbonyl (C=O) groups excluding carboxylic acids is 4. The summed E-state index contributed by atoms with van der Waals surface area (Å²) in [4.78, 5) is 53.0. The zero-order chi connectivity index (χ0) is 37.6. The summed E-state index contributed by atoms with van der Waals surface area (Å²) in [5, 5.41) is 7.46. The molecule has 1 atom stereocenters. The molecule has 0 heterocycles. The van der Waals surface area contributed by atoms with E-state index in [0.29, 0.717) is 63.0 Å². The molecule has 11 nitrogen and oxygen atoms in total. The van der Waals surface area contributed by atoms with Crippen LogP contribution in [0.25, 0.3) is 32.3 Å². The lowest BCUT2D eigenvalue weighted by atomic mass is 9.90. The van der Waals surface area contributed by atoms with Crippen LogP contribution in [0.1, 0.15) is 67.3 Å². The van der Waals surface area contributed by atoms with Gasteiger partial charge in [0.1, 0.15) is 12.4 Å². The highest BCUT2D eigenvalue weighted by atomic mass is 16.5. The second kappa shape index (κ2) is 19.4. The summed E-state index contributed by atoms with van der Waals surface area (Å²) in [7, 11) is 0. The van der Waals surface area contributed by atoms with Crippen molar-refractivity contribution in [3.05, 3.63) is 90.0 Å². The number of rotatable bonds is 23. The van der Waals surface area contributed by atoms with Crippen LogP contribution in [0.5, 0.6) is 5.75 Å². The van der Waals surface area contributed by atoms with E-state index in [1.807, 2.05) is 0 Å². The number of aliphatic imine (C=N–C) groups is 1. The SMILES string of the molecule is NC(=O)[C@H](CCCN=C(N)N)CCC(=O)COCCOCCCC(=O)c1ccc(OC(=O)CCCc2ccc3ccc4cccc5ccc2c3c45)cc1. The first kappa shape index (κ1) is 38.8. The number of nitrogens with zero attached hydrogens (tertiary/aromatic N) is 1. The number of ether oxygens (including phenoxy) is 3. The van der Waals surface area contributed by atoms with Crippen molar-refractivity contribution in [2.24, 2.45) is 28.1 Å². The molecule has 5 aromatic rings. The van der Waals surface area contributed by atoms with Gasteiger partial charge in [0.2, 0.25) is 5.91 Å². The second-order valence-electron chi connectivity index (χ2n) is 13.2. The molecule has 0 spiro atoms. The van der Waals surface area contributed by atoms with Gasteiger partial charge in [-0.1, -0.05) is 54.6 Å². The minimum absolute atomic E-state index is 0.00654. The Morgan fingerprint density at radius 3 is 2.09 bits per heavy atom. The molecule has 0 bridgehead atoms. The van der Waals surface area contributed by atoms with E-state index in [9.17, 15) is 19.2 Å². The van der Waals surface area contributed by atoms with Crippen LogP contribution in [0, 0.1) is 5.92 Å². The van der Waals surface area contributed by atoms with Crippen LogP contribution in [-0.4, -0.2) is 62.4 Å². The quantitative estimate of drug-likeness (QED) is 0.0138. The highest BCUT2D eigenvalue weighted by Crippen LogP contribution is 2.36. The third-order valence-electron chi connectivity index (χ3n) is 9.36. The molecule has 0 aliphatic heterocycles. The summed E-state index contributed by atoms with van der Waals surface area (Å²) < 4.78 is 16.5. The van der Waals surface area contributed by atoms with Crippen LogP contribution in [-0.2, 0) is 30.3 Å². The van der Waals surface area contributed by atoms with Crippen molar-refractivity contribution in [3.63, 3.8) is 0 Å². The minimum atomic E-state index is -0.452. The molecule has 0 aliphatic carbocycles. The van der Waals surface area contributed by atoms with Crippen molar-refractivity contribution in [1.29, 1.82) is 0 Å². The standard InChI is InChI=1S/C42H48N4O7/c43-41(50)33(8-3-23-46-42(44)45)15-19-34(47)27-52-26-25-51-24-4-9-37(48)29-16-20-35(21-17-29)53-38(49)10-2-5-28-11-12-32-14-13-30-6-1-7-31-18-22-36(28)40(32)39(30)31/h1,6-7,11-14,16-18,20-22,33H,2-5,8-10,15,19,23-27H2,(H2,43,50)(H4,44,45,46)/t33-/m1/s1. The van der Waals surface area contributed by atoms with Gasteiger partial charge in [-0.25, -0.2) is 0 Å². The summed E-state index contributed by atoms with van der Waals surface area (Å²) in [6, 6.07) is 26.0. The van der Waals surface area contributed by atoms with E-state index < -0.39 is 11.8 Å². The van der Waals surface area contributed by atoms with Gasteiger partial charge < -0.3 is 31.4 Å². The van der Waals surface area contributed by atoms with Gasteiger partial charge in [-0.05, 0) is 101 Å². The monoisotopic (exact) mass is 720 g/mol. The lowest BCUT2D eigenvalue weighted by Gasteiger charge is -2.14. The number of Topliss-reactive ketones (excluding diaryl/α,β-unsaturated/α-hetero) is 2. The van der Waals surface area contributed by atoms with Crippen LogP contribution >= 0.6 is 0 Å². The molecule has 5 rings (SSSR count). The number of primary amides is 1. The zero-order valence-corrected chi connectivity index (χ0v) is 30.0. The number of nitrogens with two attached hydrogens (primary N) is 3. The molecule has 6 N–H and O–H groups in total. The lowest BCUT2D eigenvalue weighted by Crippen LogP contribution is -2.25. The molecule has 0 saturated carbocycles. The number of ketones is 2.